The summed E-state index contributed by atoms with van der Waals surface area (Å²) < 4.78 is 7.87. The van der Waals surface area contributed by atoms with Gasteiger partial charge in [-0.05, 0) is 36.8 Å². The Balaban J connectivity index is 1.70. The Hall–Kier alpha value is -1.51. The third-order valence-corrected chi connectivity index (χ3v) is 6.11. The lowest BCUT2D eigenvalue weighted by molar-refractivity contribution is -0.118. The van der Waals surface area contributed by atoms with E-state index in [1.807, 2.05) is 0 Å². The highest BCUT2D eigenvalue weighted by Gasteiger charge is 2.21. The SMILES string of the molecule is CSc1ccc(CSc2nnc(CCC(N)=O)n2CC2CCCO2)cc1. The molecule has 2 N–H and O–H groups in total. The number of ether oxygens (including phenoxy) is 1. The third kappa shape index (κ3) is 5.25. The normalized spacial score (nSPS) is 16.9. The highest BCUT2D eigenvalue weighted by molar-refractivity contribution is 7.98. The zero-order valence-corrected chi connectivity index (χ0v) is 16.5. The van der Waals surface area contributed by atoms with Crippen LogP contribution in [0.1, 0.15) is 30.7 Å². The van der Waals surface area contributed by atoms with Gasteiger partial charge in [0.25, 0.3) is 0 Å². The van der Waals surface area contributed by atoms with Crippen molar-refractivity contribution in [1.29, 1.82) is 0 Å². The second kappa shape index (κ2) is 9.43. The number of thioether (sulfide) groups is 2. The molecule has 0 spiro atoms. The van der Waals surface area contributed by atoms with E-state index in [1.165, 1.54) is 10.5 Å². The van der Waals surface area contributed by atoms with E-state index >= 15 is 0 Å². The molecular weight excluding hydrogens is 368 g/mol. The second-order valence-corrected chi connectivity index (χ2v) is 8.07. The molecule has 0 aliphatic carbocycles. The molecule has 1 unspecified atom stereocenters. The molecule has 2 aromatic rings. The molecule has 0 bridgehead atoms. The van der Waals surface area contributed by atoms with Gasteiger partial charge in [-0.1, -0.05) is 23.9 Å². The summed E-state index contributed by atoms with van der Waals surface area (Å²) in [6.07, 6.45) is 5.20. The van der Waals surface area contributed by atoms with E-state index in [1.54, 1.807) is 23.5 Å². The standard InChI is InChI=1S/C18H24N4O2S2/c1-25-15-6-4-13(5-7-15)12-26-18-21-20-17(9-8-16(19)23)22(18)11-14-3-2-10-24-14/h4-7,14H,2-3,8-12H2,1H3,(H2,19,23). The fraction of sp³-hybridized carbons (Fsp3) is 0.500. The van der Waals surface area contributed by atoms with Crippen LogP contribution in [0.5, 0.6) is 0 Å². The summed E-state index contributed by atoms with van der Waals surface area (Å²) in [5.74, 6) is 1.31. The number of hydrogen-bond donors (Lipinski definition) is 1. The number of benzene rings is 1. The van der Waals surface area contributed by atoms with Crippen molar-refractivity contribution in [3.05, 3.63) is 35.7 Å². The van der Waals surface area contributed by atoms with Crippen molar-refractivity contribution in [2.24, 2.45) is 5.73 Å². The largest absolute Gasteiger partial charge is 0.376 e. The molecule has 6 nitrogen and oxygen atoms in total. The molecule has 1 amide bonds. The second-order valence-electron chi connectivity index (χ2n) is 6.25. The van der Waals surface area contributed by atoms with Gasteiger partial charge in [-0.15, -0.1) is 22.0 Å². The Morgan fingerprint density at radius 1 is 1.35 bits per heavy atom. The van der Waals surface area contributed by atoms with Crippen LogP contribution in [-0.2, 0) is 28.2 Å². The van der Waals surface area contributed by atoms with Crippen molar-refractivity contribution >= 4 is 29.4 Å². The number of carbonyl (C=O) groups excluding carboxylic acids is 1. The van der Waals surface area contributed by atoms with Crippen LogP contribution in [0.15, 0.2) is 34.3 Å². The summed E-state index contributed by atoms with van der Waals surface area (Å²) >= 11 is 3.40. The molecule has 1 atom stereocenters. The molecule has 140 valence electrons. The first-order valence-corrected chi connectivity index (χ1v) is 10.9. The zero-order chi connectivity index (χ0) is 18.4. The van der Waals surface area contributed by atoms with E-state index in [2.05, 4.69) is 45.3 Å². The lowest BCUT2D eigenvalue weighted by Gasteiger charge is -2.14. The van der Waals surface area contributed by atoms with E-state index in [4.69, 9.17) is 10.5 Å². The average molecular weight is 393 g/mol. The number of hydrogen-bond acceptors (Lipinski definition) is 6. The first-order chi connectivity index (χ1) is 12.7. The van der Waals surface area contributed by atoms with Gasteiger partial charge in [0.2, 0.25) is 5.91 Å². The lowest BCUT2D eigenvalue weighted by atomic mass is 10.2. The summed E-state index contributed by atoms with van der Waals surface area (Å²) in [5, 5.41) is 9.51. The number of amides is 1. The molecule has 26 heavy (non-hydrogen) atoms. The van der Waals surface area contributed by atoms with Crippen LogP contribution in [-0.4, -0.2) is 39.6 Å². The molecule has 1 aromatic carbocycles. The van der Waals surface area contributed by atoms with Crippen molar-refractivity contribution in [2.75, 3.05) is 12.9 Å². The number of nitrogens with two attached hydrogens (primary N) is 1. The molecule has 8 heteroatoms. The first-order valence-electron chi connectivity index (χ1n) is 8.73. The molecule has 3 rings (SSSR count). The maximum atomic E-state index is 11.1. The van der Waals surface area contributed by atoms with Gasteiger partial charge in [-0.3, -0.25) is 4.79 Å². The molecule has 2 heterocycles. The molecule has 1 aliphatic heterocycles. The molecule has 1 aliphatic rings. The molecule has 1 saturated heterocycles. The number of carbonyl (C=O) groups is 1. The van der Waals surface area contributed by atoms with Crippen LogP contribution >= 0.6 is 23.5 Å². The first kappa shape index (κ1) is 19.3. The highest BCUT2D eigenvalue weighted by Crippen LogP contribution is 2.25. The minimum atomic E-state index is -0.320. The summed E-state index contributed by atoms with van der Waals surface area (Å²) in [5.41, 5.74) is 6.54. The highest BCUT2D eigenvalue weighted by atomic mass is 32.2. The fourth-order valence-electron chi connectivity index (χ4n) is 2.89. The van der Waals surface area contributed by atoms with Crippen molar-refractivity contribution in [2.45, 2.75) is 54.1 Å². The van der Waals surface area contributed by atoms with Gasteiger partial charge in [0, 0.05) is 30.1 Å². The van der Waals surface area contributed by atoms with E-state index in [0.29, 0.717) is 6.42 Å². The van der Waals surface area contributed by atoms with Gasteiger partial charge >= 0.3 is 0 Å². The van der Waals surface area contributed by atoms with Gasteiger partial charge in [0.15, 0.2) is 5.16 Å². The lowest BCUT2D eigenvalue weighted by Crippen LogP contribution is -2.19. The topological polar surface area (TPSA) is 83.0 Å². The van der Waals surface area contributed by atoms with Gasteiger partial charge in [0.1, 0.15) is 5.82 Å². The smallest absolute Gasteiger partial charge is 0.217 e. The minimum absolute atomic E-state index is 0.193. The van der Waals surface area contributed by atoms with Gasteiger partial charge in [0.05, 0.1) is 12.6 Å². The quantitative estimate of drug-likeness (QED) is 0.661. The summed E-state index contributed by atoms with van der Waals surface area (Å²) in [7, 11) is 0. The monoisotopic (exact) mass is 392 g/mol. The van der Waals surface area contributed by atoms with Gasteiger partial charge < -0.3 is 15.0 Å². The van der Waals surface area contributed by atoms with Crippen LogP contribution < -0.4 is 5.73 Å². The van der Waals surface area contributed by atoms with Crippen LogP contribution in [0.3, 0.4) is 0 Å². The van der Waals surface area contributed by atoms with Gasteiger partial charge in [-0.25, -0.2) is 0 Å². The molecular formula is C18H24N4O2S2. The predicted octanol–water partition coefficient (Wildman–Crippen LogP) is 2.89. The van der Waals surface area contributed by atoms with E-state index < -0.39 is 0 Å². The fourth-order valence-corrected chi connectivity index (χ4v) is 4.22. The molecule has 0 radical (unpaired) electrons. The minimum Gasteiger partial charge on any atom is -0.376 e. The Morgan fingerprint density at radius 2 is 2.15 bits per heavy atom. The van der Waals surface area contributed by atoms with Crippen LogP contribution in [0.2, 0.25) is 0 Å². The van der Waals surface area contributed by atoms with Crippen LogP contribution in [0.4, 0.5) is 0 Å². The number of rotatable bonds is 9. The number of aryl methyl sites for hydroxylation is 1. The Morgan fingerprint density at radius 3 is 2.81 bits per heavy atom. The van der Waals surface area contributed by atoms with Crippen LogP contribution in [0, 0.1) is 0 Å². The number of nitrogens with zero attached hydrogens (tertiary/aromatic N) is 3. The number of primary amides is 1. The van der Waals surface area contributed by atoms with E-state index in [-0.39, 0.29) is 18.4 Å². The van der Waals surface area contributed by atoms with Crippen molar-refractivity contribution in [3.63, 3.8) is 0 Å². The Kier molecular flexibility index (Phi) is 6.99. The van der Waals surface area contributed by atoms with E-state index in [9.17, 15) is 4.79 Å². The summed E-state index contributed by atoms with van der Waals surface area (Å²) in [4.78, 5) is 12.4. The van der Waals surface area contributed by atoms with E-state index in [0.717, 1.165) is 42.7 Å². The summed E-state index contributed by atoms with van der Waals surface area (Å²) in [6, 6.07) is 8.56. The van der Waals surface area contributed by atoms with Crippen molar-refractivity contribution in [1.82, 2.24) is 14.8 Å². The maximum absolute atomic E-state index is 11.1. The Bertz CT molecular complexity index is 727. The number of aromatic nitrogens is 3. The molecule has 1 fully saturated rings. The molecule has 0 saturated carbocycles. The van der Waals surface area contributed by atoms with Crippen LogP contribution in [0.25, 0.3) is 0 Å². The third-order valence-electron chi connectivity index (χ3n) is 4.33. The van der Waals surface area contributed by atoms with Gasteiger partial charge in [-0.2, -0.15) is 0 Å². The molecule has 1 aromatic heterocycles. The maximum Gasteiger partial charge on any atom is 0.217 e. The summed E-state index contributed by atoms with van der Waals surface area (Å²) in [6.45, 7) is 1.54. The zero-order valence-electron chi connectivity index (χ0n) is 14.9. The predicted molar refractivity (Wildman–Crippen MR) is 104 cm³/mol. The van der Waals surface area contributed by atoms with Crippen molar-refractivity contribution in [3.8, 4) is 0 Å². The Labute approximate surface area is 162 Å². The van der Waals surface area contributed by atoms with Crippen molar-refractivity contribution < 1.29 is 9.53 Å². The average Bonchev–Trinajstić information content (AvgIpc) is 3.29.